The number of Topliss-reactive ketones (excluding diaryl/α,β-unsaturated/α-hetero) is 1. The summed E-state index contributed by atoms with van der Waals surface area (Å²) in [5.74, 6) is -1.39. The molecule has 1 N–H and O–H groups in total. The topological polar surface area (TPSA) is 46.2 Å². The number of benzene rings is 1. The third-order valence-corrected chi connectivity index (χ3v) is 3.60. The number of unbranched alkanes of at least 4 members (excludes halogenated alkanes) is 6. The third kappa shape index (κ3) is 7.34. The van der Waals surface area contributed by atoms with E-state index in [2.05, 4.69) is 12.2 Å². The Morgan fingerprint density at radius 2 is 1.64 bits per heavy atom. The minimum Gasteiger partial charge on any atom is -0.356 e. The quantitative estimate of drug-likeness (QED) is 0.377. The minimum absolute atomic E-state index is 0.0198. The number of nitrogens with one attached hydrogen (secondary N) is 1. The number of carbonyl (C=O) groups excluding carboxylic acids is 2. The molecule has 0 unspecified atom stereocenters. The molecular formula is C18H26FNO2. The molecule has 1 rings (SSSR count). The van der Waals surface area contributed by atoms with Gasteiger partial charge in [-0.1, -0.05) is 57.6 Å². The fraction of sp³-hybridized carbons (Fsp3) is 0.556. The van der Waals surface area contributed by atoms with Crippen molar-refractivity contribution in [2.45, 2.75) is 58.3 Å². The van der Waals surface area contributed by atoms with Crippen molar-refractivity contribution in [3.05, 3.63) is 35.6 Å². The van der Waals surface area contributed by atoms with Gasteiger partial charge in [-0.2, -0.15) is 0 Å². The van der Waals surface area contributed by atoms with Gasteiger partial charge < -0.3 is 5.32 Å². The lowest BCUT2D eigenvalue weighted by Gasteiger charge is -2.05. The molecule has 0 aromatic heterocycles. The van der Waals surface area contributed by atoms with Gasteiger partial charge in [0.15, 0.2) is 5.78 Å². The maximum atomic E-state index is 13.4. The minimum atomic E-state index is -0.577. The van der Waals surface area contributed by atoms with Crippen molar-refractivity contribution in [1.29, 1.82) is 0 Å². The molecule has 0 aliphatic heterocycles. The van der Waals surface area contributed by atoms with Crippen molar-refractivity contribution in [2.75, 3.05) is 6.54 Å². The second-order valence-corrected chi connectivity index (χ2v) is 5.55. The van der Waals surface area contributed by atoms with Crippen LogP contribution in [0.2, 0.25) is 0 Å². The zero-order chi connectivity index (χ0) is 16.2. The summed E-state index contributed by atoms with van der Waals surface area (Å²) in [4.78, 5) is 23.5. The molecule has 0 atom stereocenters. The van der Waals surface area contributed by atoms with Crippen LogP contribution < -0.4 is 5.32 Å². The van der Waals surface area contributed by atoms with Gasteiger partial charge in [-0.05, 0) is 18.6 Å². The molecule has 0 saturated heterocycles. The van der Waals surface area contributed by atoms with E-state index in [4.69, 9.17) is 0 Å². The number of carbonyl (C=O) groups is 2. The Labute approximate surface area is 132 Å². The smallest absolute Gasteiger partial charge is 0.227 e. The monoisotopic (exact) mass is 307 g/mol. The van der Waals surface area contributed by atoms with Crippen LogP contribution in [-0.2, 0) is 4.79 Å². The first-order valence-electron chi connectivity index (χ1n) is 8.19. The summed E-state index contributed by atoms with van der Waals surface area (Å²) < 4.78 is 13.4. The molecule has 0 radical (unpaired) electrons. The molecule has 122 valence electrons. The summed E-state index contributed by atoms with van der Waals surface area (Å²) in [5, 5.41) is 2.72. The van der Waals surface area contributed by atoms with Crippen LogP contribution >= 0.6 is 0 Å². The highest BCUT2D eigenvalue weighted by atomic mass is 19.1. The number of amides is 1. The zero-order valence-electron chi connectivity index (χ0n) is 13.4. The Bertz CT molecular complexity index is 474. The van der Waals surface area contributed by atoms with Crippen LogP contribution in [0.25, 0.3) is 0 Å². The molecule has 0 spiro atoms. The van der Waals surface area contributed by atoms with E-state index in [1.165, 1.54) is 50.3 Å². The molecular weight excluding hydrogens is 281 g/mol. The summed E-state index contributed by atoms with van der Waals surface area (Å²) in [6.07, 6.45) is 7.95. The maximum Gasteiger partial charge on any atom is 0.227 e. The molecule has 22 heavy (non-hydrogen) atoms. The summed E-state index contributed by atoms with van der Waals surface area (Å²) in [7, 11) is 0. The first-order chi connectivity index (χ1) is 10.6. The van der Waals surface area contributed by atoms with Crippen molar-refractivity contribution in [1.82, 2.24) is 5.32 Å². The van der Waals surface area contributed by atoms with Gasteiger partial charge in [-0.15, -0.1) is 0 Å². The average molecular weight is 307 g/mol. The number of hydrogen-bond acceptors (Lipinski definition) is 2. The van der Waals surface area contributed by atoms with Crippen molar-refractivity contribution in [3.63, 3.8) is 0 Å². The molecule has 0 saturated carbocycles. The van der Waals surface area contributed by atoms with Crippen molar-refractivity contribution in [2.24, 2.45) is 0 Å². The molecule has 1 amide bonds. The lowest BCUT2D eigenvalue weighted by atomic mass is 10.1. The van der Waals surface area contributed by atoms with Gasteiger partial charge in [0.25, 0.3) is 0 Å². The fourth-order valence-corrected chi connectivity index (χ4v) is 2.30. The highest BCUT2D eigenvalue weighted by Crippen LogP contribution is 2.09. The molecule has 0 aliphatic rings. The van der Waals surface area contributed by atoms with Crippen LogP contribution in [0.5, 0.6) is 0 Å². The van der Waals surface area contributed by atoms with Crippen LogP contribution in [0.15, 0.2) is 24.3 Å². The summed E-state index contributed by atoms with van der Waals surface area (Å²) in [6.45, 7) is 2.77. The van der Waals surface area contributed by atoms with E-state index >= 15 is 0 Å². The van der Waals surface area contributed by atoms with Gasteiger partial charge in [0.2, 0.25) is 5.91 Å². The van der Waals surface area contributed by atoms with E-state index in [-0.39, 0.29) is 17.9 Å². The van der Waals surface area contributed by atoms with Crippen molar-refractivity contribution >= 4 is 11.7 Å². The molecule has 0 bridgehead atoms. The maximum absolute atomic E-state index is 13.4. The summed E-state index contributed by atoms with van der Waals surface area (Å²) >= 11 is 0. The highest BCUT2D eigenvalue weighted by molar-refractivity contribution is 6.07. The van der Waals surface area contributed by atoms with Gasteiger partial charge in [-0.3, -0.25) is 9.59 Å². The molecule has 0 aliphatic carbocycles. The second kappa shape index (κ2) is 10.9. The molecule has 0 fully saturated rings. The highest BCUT2D eigenvalue weighted by Gasteiger charge is 2.14. The van der Waals surface area contributed by atoms with Crippen LogP contribution in [0.1, 0.15) is 68.6 Å². The Balaban J connectivity index is 2.13. The van der Waals surface area contributed by atoms with E-state index in [9.17, 15) is 14.0 Å². The molecule has 4 heteroatoms. The Morgan fingerprint density at radius 3 is 2.32 bits per heavy atom. The van der Waals surface area contributed by atoms with Crippen LogP contribution in [-0.4, -0.2) is 18.2 Å². The normalized spacial score (nSPS) is 10.5. The second-order valence-electron chi connectivity index (χ2n) is 5.55. The average Bonchev–Trinajstić information content (AvgIpc) is 2.50. The first-order valence-corrected chi connectivity index (χ1v) is 8.19. The first kappa shape index (κ1) is 18.3. The van der Waals surface area contributed by atoms with Gasteiger partial charge in [0, 0.05) is 6.54 Å². The van der Waals surface area contributed by atoms with Gasteiger partial charge in [0.05, 0.1) is 12.0 Å². The fourth-order valence-electron chi connectivity index (χ4n) is 2.30. The molecule has 3 nitrogen and oxygen atoms in total. The van der Waals surface area contributed by atoms with E-state index < -0.39 is 11.6 Å². The SMILES string of the molecule is CCCCCCCCCNC(=O)CC(=O)c1ccccc1F. The number of ketones is 1. The lowest BCUT2D eigenvalue weighted by Crippen LogP contribution is -2.26. The van der Waals surface area contributed by atoms with Crippen LogP contribution in [0.3, 0.4) is 0 Å². The standard InChI is InChI=1S/C18H26FNO2/c1-2-3-4-5-6-7-10-13-20-18(22)14-17(21)15-11-8-9-12-16(15)19/h8-9,11-12H,2-7,10,13-14H2,1H3,(H,20,22). The molecule has 1 aromatic carbocycles. The third-order valence-electron chi connectivity index (χ3n) is 3.60. The Morgan fingerprint density at radius 1 is 1.00 bits per heavy atom. The van der Waals surface area contributed by atoms with Crippen LogP contribution in [0, 0.1) is 5.82 Å². The van der Waals surface area contributed by atoms with Crippen molar-refractivity contribution in [3.8, 4) is 0 Å². The van der Waals surface area contributed by atoms with E-state index in [1.54, 1.807) is 6.07 Å². The molecule has 0 heterocycles. The summed E-state index contributed by atoms with van der Waals surface area (Å²) in [6, 6.07) is 5.74. The summed E-state index contributed by atoms with van der Waals surface area (Å²) in [5.41, 5.74) is -0.0198. The largest absolute Gasteiger partial charge is 0.356 e. The van der Waals surface area contributed by atoms with Gasteiger partial charge in [-0.25, -0.2) is 4.39 Å². The molecule has 1 aromatic rings. The number of rotatable bonds is 11. The van der Waals surface area contributed by atoms with Gasteiger partial charge in [0.1, 0.15) is 5.82 Å². The van der Waals surface area contributed by atoms with E-state index in [0.29, 0.717) is 6.54 Å². The Hall–Kier alpha value is -1.71. The predicted molar refractivity (Wildman–Crippen MR) is 86.4 cm³/mol. The van der Waals surface area contributed by atoms with Gasteiger partial charge >= 0.3 is 0 Å². The predicted octanol–water partition coefficient (Wildman–Crippen LogP) is 4.27. The zero-order valence-corrected chi connectivity index (χ0v) is 13.4. The van der Waals surface area contributed by atoms with E-state index in [1.807, 2.05) is 0 Å². The van der Waals surface area contributed by atoms with Crippen LogP contribution in [0.4, 0.5) is 4.39 Å². The lowest BCUT2D eigenvalue weighted by molar-refractivity contribution is -0.120. The Kier molecular flexibility index (Phi) is 9.12. The number of hydrogen-bond donors (Lipinski definition) is 1. The van der Waals surface area contributed by atoms with Crippen molar-refractivity contribution < 1.29 is 14.0 Å². The number of halogens is 1. The van der Waals surface area contributed by atoms with E-state index in [0.717, 1.165) is 12.8 Å².